The van der Waals surface area contributed by atoms with Crippen molar-refractivity contribution in [3.05, 3.63) is 59.8 Å². The molecule has 1 atom stereocenters. The molecule has 1 heterocycles. The van der Waals surface area contributed by atoms with E-state index in [1.165, 1.54) is 0 Å². The van der Waals surface area contributed by atoms with Gasteiger partial charge in [-0.3, -0.25) is 0 Å². The molecule has 1 aromatic heterocycles. The molecule has 1 unspecified atom stereocenters. The van der Waals surface area contributed by atoms with Gasteiger partial charge in [0.1, 0.15) is 5.82 Å². The van der Waals surface area contributed by atoms with E-state index < -0.39 is 5.60 Å². The van der Waals surface area contributed by atoms with Crippen LogP contribution in [-0.4, -0.2) is 10.1 Å². The van der Waals surface area contributed by atoms with Crippen LogP contribution in [0.15, 0.2) is 48.7 Å². The predicted octanol–water partition coefficient (Wildman–Crippen LogP) is 2.50. The molecule has 0 saturated heterocycles. The molecule has 0 amide bonds. The summed E-state index contributed by atoms with van der Waals surface area (Å²) in [6.07, 6.45) is 2.87. The van der Waals surface area contributed by atoms with Gasteiger partial charge in [-0.1, -0.05) is 37.3 Å². The van der Waals surface area contributed by atoms with Gasteiger partial charge in [-0.2, -0.15) is 0 Å². The molecular formula is C15H18N2O. The van der Waals surface area contributed by atoms with Crippen LogP contribution in [0.5, 0.6) is 0 Å². The first-order valence-corrected chi connectivity index (χ1v) is 6.12. The zero-order valence-electron chi connectivity index (χ0n) is 10.5. The average molecular weight is 242 g/mol. The third-order valence-electron chi connectivity index (χ3n) is 3.24. The first kappa shape index (κ1) is 12.6. The molecule has 2 aromatic rings. The van der Waals surface area contributed by atoms with Gasteiger partial charge in [0.15, 0.2) is 0 Å². The van der Waals surface area contributed by atoms with E-state index in [9.17, 15) is 5.11 Å². The summed E-state index contributed by atoms with van der Waals surface area (Å²) in [7, 11) is 0. The highest BCUT2D eigenvalue weighted by atomic mass is 16.3. The van der Waals surface area contributed by atoms with Crippen molar-refractivity contribution in [2.24, 2.45) is 0 Å². The van der Waals surface area contributed by atoms with Gasteiger partial charge in [0.25, 0.3) is 0 Å². The number of pyridine rings is 1. The zero-order valence-corrected chi connectivity index (χ0v) is 10.5. The Hall–Kier alpha value is -1.87. The van der Waals surface area contributed by atoms with Crippen LogP contribution in [0.3, 0.4) is 0 Å². The third-order valence-corrected chi connectivity index (χ3v) is 3.24. The molecule has 3 heteroatoms. The topological polar surface area (TPSA) is 59.1 Å². The Bertz CT molecular complexity index is 513. The quantitative estimate of drug-likeness (QED) is 0.866. The Labute approximate surface area is 107 Å². The lowest BCUT2D eigenvalue weighted by atomic mass is 9.85. The largest absolute Gasteiger partial charge is 0.385 e. The number of anilines is 1. The summed E-state index contributed by atoms with van der Waals surface area (Å²) in [5.74, 6) is 0.485. The van der Waals surface area contributed by atoms with Gasteiger partial charge >= 0.3 is 0 Å². The van der Waals surface area contributed by atoms with E-state index in [1.54, 1.807) is 6.20 Å². The van der Waals surface area contributed by atoms with Gasteiger partial charge in [0.2, 0.25) is 0 Å². The minimum atomic E-state index is -0.852. The van der Waals surface area contributed by atoms with Crippen molar-refractivity contribution >= 4 is 5.82 Å². The molecule has 3 nitrogen and oxygen atoms in total. The van der Waals surface area contributed by atoms with Crippen LogP contribution in [0.25, 0.3) is 0 Å². The van der Waals surface area contributed by atoms with Gasteiger partial charge in [-0.25, -0.2) is 4.98 Å². The molecule has 2 rings (SSSR count). The number of nitrogens with zero attached hydrogens (tertiary/aromatic N) is 1. The van der Waals surface area contributed by atoms with Crippen LogP contribution in [-0.2, 0) is 12.0 Å². The van der Waals surface area contributed by atoms with Gasteiger partial charge in [0.05, 0.1) is 5.60 Å². The van der Waals surface area contributed by atoms with Crippen LogP contribution < -0.4 is 5.73 Å². The Balaban J connectivity index is 2.29. The summed E-state index contributed by atoms with van der Waals surface area (Å²) in [6.45, 7) is 1.98. The zero-order chi connectivity index (χ0) is 13.0. The fourth-order valence-electron chi connectivity index (χ4n) is 2.12. The maximum Gasteiger partial charge on any atom is 0.123 e. The molecule has 0 aliphatic carbocycles. The van der Waals surface area contributed by atoms with Crippen LogP contribution in [0.4, 0.5) is 5.82 Å². The number of aliphatic hydroxyl groups is 1. The van der Waals surface area contributed by atoms with E-state index in [0.717, 1.165) is 11.1 Å². The number of aromatic nitrogens is 1. The molecule has 94 valence electrons. The number of hydrogen-bond acceptors (Lipinski definition) is 3. The second-order valence-corrected chi connectivity index (χ2v) is 4.52. The predicted molar refractivity (Wildman–Crippen MR) is 73.0 cm³/mol. The third kappa shape index (κ3) is 2.68. The van der Waals surface area contributed by atoms with E-state index in [-0.39, 0.29) is 0 Å². The standard InChI is InChI=1S/C15H18N2O/c1-2-15(18,13-6-4-3-5-7-13)11-12-8-9-17-14(16)10-12/h3-10,18H,2,11H2,1H3,(H2,16,17). The smallest absolute Gasteiger partial charge is 0.123 e. The van der Waals surface area contributed by atoms with Crippen LogP contribution in [0.2, 0.25) is 0 Å². The lowest BCUT2D eigenvalue weighted by Crippen LogP contribution is -2.27. The molecule has 0 saturated carbocycles. The van der Waals surface area contributed by atoms with Gasteiger partial charge in [-0.05, 0) is 29.7 Å². The maximum atomic E-state index is 10.8. The molecule has 0 fully saturated rings. The highest BCUT2D eigenvalue weighted by Crippen LogP contribution is 2.29. The number of nitrogens with two attached hydrogens (primary N) is 1. The summed E-state index contributed by atoms with van der Waals surface area (Å²) in [6, 6.07) is 13.4. The van der Waals surface area contributed by atoms with E-state index in [2.05, 4.69) is 4.98 Å². The van der Waals surface area contributed by atoms with Crippen LogP contribution in [0, 0.1) is 0 Å². The summed E-state index contributed by atoms with van der Waals surface area (Å²) < 4.78 is 0. The van der Waals surface area contributed by atoms with Crippen LogP contribution in [0.1, 0.15) is 24.5 Å². The van der Waals surface area contributed by atoms with Crippen molar-refractivity contribution in [3.63, 3.8) is 0 Å². The summed E-state index contributed by atoms with van der Waals surface area (Å²) in [5.41, 5.74) is 6.74. The molecule has 3 N–H and O–H groups in total. The van der Waals surface area contributed by atoms with E-state index in [1.807, 2.05) is 49.4 Å². The SMILES string of the molecule is CCC(O)(Cc1ccnc(N)c1)c1ccccc1. The minimum absolute atomic E-state index is 0.485. The number of benzene rings is 1. The lowest BCUT2D eigenvalue weighted by Gasteiger charge is -2.27. The molecule has 18 heavy (non-hydrogen) atoms. The highest BCUT2D eigenvalue weighted by molar-refractivity contribution is 5.34. The Morgan fingerprint density at radius 3 is 2.56 bits per heavy atom. The molecule has 1 aromatic carbocycles. The van der Waals surface area contributed by atoms with Crippen LogP contribution >= 0.6 is 0 Å². The lowest BCUT2D eigenvalue weighted by molar-refractivity contribution is 0.0327. The van der Waals surface area contributed by atoms with Gasteiger partial charge < -0.3 is 10.8 Å². The molecule has 0 bridgehead atoms. The van der Waals surface area contributed by atoms with Gasteiger partial charge in [0, 0.05) is 12.6 Å². The Morgan fingerprint density at radius 1 is 1.22 bits per heavy atom. The average Bonchev–Trinajstić information content (AvgIpc) is 2.39. The molecule has 0 aliphatic rings. The maximum absolute atomic E-state index is 10.8. The second-order valence-electron chi connectivity index (χ2n) is 4.52. The second kappa shape index (κ2) is 5.19. The fraction of sp³-hybridized carbons (Fsp3) is 0.267. The minimum Gasteiger partial charge on any atom is -0.385 e. The first-order valence-electron chi connectivity index (χ1n) is 6.12. The Morgan fingerprint density at radius 2 is 1.94 bits per heavy atom. The normalized spacial score (nSPS) is 14.1. The number of nitrogen functional groups attached to an aromatic ring is 1. The van der Waals surface area contributed by atoms with Crippen molar-refractivity contribution in [2.75, 3.05) is 5.73 Å². The monoisotopic (exact) mass is 242 g/mol. The fourth-order valence-corrected chi connectivity index (χ4v) is 2.12. The van der Waals surface area contributed by atoms with Crippen molar-refractivity contribution in [1.29, 1.82) is 0 Å². The molecule has 0 radical (unpaired) electrons. The van der Waals surface area contributed by atoms with E-state index in [4.69, 9.17) is 5.73 Å². The van der Waals surface area contributed by atoms with E-state index in [0.29, 0.717) is 18.7 Å². The van der Waals surface area contributed by atoms with Crippen molar-refractivity contribution in [1.82, 2.24) is 4.98 Å². The van der Waals surface area contributed by atoms with Crippen molar-refractivity contribution < 1.29 is 5.11 Å². The molecule has 0 aliphatic heterocycles. The number of hydrogen-bond donors (Lipinski definition) is 2. The van der Waals surface area contributed by atoms with E-state index >= 15 is 0 Å². The summed E-state index contributed by atoms with van der Waals surface area (Å²) in [4.78, 5) is 3.96. The van der Waals surface area contributed by atoms with Gasteiger partial charge in [-0.15, -0.1) is 0 Å². The highest BCUT2D eigenvalue weighted by Gasteiger charge is 2.27. The number of rotatable bonds is 4. The summed E-state index contributed by atoms with van der Waals surface area (Å²) in [5, 5.41) is 10.8. The molecule has 0 spiro atoms. The first-order chi connectivity index (χ1) is 8.64. The van der Waals surface area contributed by atoms with Crippen molar-refractivity contribution in [3.8, 4) is 0 Å². The molecular weight excluding hydrogens is 224 g/mol. The Kier molecular flexibility index (Phi) is 3.63. The van der Waals surface area contributed by atoms with Crippen molar-refractivity contribution in [2.45, 2.75) is 25.4 Å². The summed E-state index contributed by atoms with van der Waals surface area (Å²) >= 11 is 0.